The van der Waals surface area contributed by atoms with Crippen molar-refractivity contribution < 1.29 is 4.74 Å². The zero-order chi connectivity index (χ0) is 12.2. The second kappa shape index (κ2) is 4.67. The van der Waals surface area contributed by atoms with Crippen LogP contribution < -0.4 is 0 Å². The van der Waals surface area contributed by atoms with Crippen LogP contribution in [0.5, 0.6) is 0 Å². The van der Waals surface area contributed by atoms with Gasteiger partial charge in [-0.2, -0.15) is 5.26 Å². The smallest absolute Gasteiger partial charge is 0.0821 e. The molecule has 0 saturated carbocycles. The lowest BCUT2D eigenvalue weighted by Crippen LogP contribution is -2.34. The molecule has 0 fully saturated rings. The number of hydrogen-bond donors (Lipinski definition) is 0. The lowest BCUT2D eigenvalue weighted by atomic mass is 9.76. The van der Waals surface area contributed by atoms with E-state index >= 15 is 0 Å². The summed E-state index contributed by atoms with van der Waals surface area (Å²) in [5.74, 6) is 0. The third-order valence-electron chi connectivity index (χ3n) is 2.99. The van der Waals surface area contributed by atoms with E-state index in [0.717, 1.165) is 5.56 Å². The van der Waals surface area contributed by atoms with Crippen LogP contribution in [0, 0.1) is 11.3 Å². The SMILES string of the molecule is COC(C)(C)CC(C)(C#N)c1ccccc1. The predicted octanol–water partition coefficient (Wildman–Crippen LogP) is 3.28. The van der Waals surface area contributed by atoms with Crippen molar-refractivity contribution in [2.75, 3.05) is 7.11 Å². The van der Waals surface area contributed by atoms with Gasteiger partial charge in [0.2, 0.25) is 0 Å². The van der Waals surface area contributed by atoms with E-state index in [1.807, 2.05) is 51.1 Å². The summed E-state index contributed by atoms with van der Waals surface area (Å²) in [6, 6.07) is 12.3. The van der Waals surface area contributed by atoms with Crippen LogP contribution >= 0.6 is 0 Å². The normalized spacial score (nSPS) is 15.2. The van der Waals surface area contributed by atoms with E-state index in [4.69, 9.17) is 4.74 Å². The molecule has 0 amide bonds. The van der Waals surface area contributed by atoms with Gasteiger partial charge < -0.3 is 4.74 Å². The number of hydrogen-bond acceptors (Lipinski definition) is 2. The molecule has 0 N–H and O–H groups in total. The molecule has 0 aliphatic carbocycles. The fourth-order valence-corrected chi connectivity index (χ4v) is 1.94. The summed E-state index contributed by atoms with van der Waals surface area (Å²) in [7, 11) is 1.68. The zero-order valence-corrected chi connectivity index (χ0v) is 10.4. The fourth-order valence-electron chi connectivity index (χ4n) is 1.94. The maximum absolute atomic E-state index is 9.39. The Hall–Kier alpha value is -1.33. The minimum atomic E-state index is -0.499. The van der Waals surface area contributed by atoms with E-state index in [-0.39, 0.29) is 5.60 Å². The molecule has 0 bridgehead atoms. The quantitative estimate of drug-likeness (QED) is 0.775. The Bertz CT molecular complexity index is 377. The van der Waals surface area contributed by atoms with Crippen LogP contribution in [0.1, 0.15) is 32.8 Å². The van der Waals surface area contributed by atoms with Crippen molar-refractivity contribution in [2.45, 2.75) is 38.2 Å². The van der Waals surface area contributed by atoms with Gasteiger partial charge in [0.1, 0.15) is 0 Å². The highest BCUT2D eigenvalue weighted by atomic mass is 16.5. The van der Waals surface area contributed by atoms with Gasteiger partial charge in [-0.3, -0.25) is 0 Å². The first-order valence-electron chi connectivity index (χ1n) is 5.45. The molecule has 0 heterocycles. The summed E-state index contributed by atoms with van der Waals surface area (Å²) in [4.78, 5) is 0. The van der Waals surface area contributed by atoms with Crippen molar-refractivity contribution in [1.82, 2.24) is 0 Å². The molecule has 0 radical (unpaired) electrons. The Morgan fingerprint density at radius 1 is 1.19 bits per heavy atom. The van der Waals surface area contributed by atoms with Gasteiger partial charge in [0.15, 0.2) is 0 Å². The first kappa shape index (κ1) is 12.7. The van der Waals surface area contributed by atoms with Crippen LogP contribution in [-0.4, -0.2) is 12.7 Å². The van der Waals surface area contributed by atoms with Gasteiger partial charge in [-0.05, 0) is 32.8 Å². The van der Waals surface area contributed by atoms with E-state index in [9.17, 15) is 5.26 Å². The third-order valence-corrected chi connectivity index (χ3v) is 2.99. The van der Waals surface area contributed by atoms with Crippen LogP contribution in [0.2, 0.25) is 0 Å². The van der Waals surface area contributed by atoms with Crippen molar-refractivity contribution in [2.24, 2.45) is 0 Å². The Morgan fingerprint density at radius 3 is 2.19 bits per heavy atom. The molecule has 1 atom stereocenters. The number of benzene rings is 1. The minimum Gasteiger partial charge on any atom is -0.379 e. The van der Waals surface area contributed by atoms with E-state index in [1.165, 1.54) is 0 Å². The van der Waals surface area contributed by atoms with Crippen LogP contribution in [0.15, 0.2) is 30.3 Å². The average molecular weight is 217 g/mol. The van der Waals surface area contributed by atoms with E-state index in [0.29, 0.717) is 6.42 Å². The van der Waals surface area contributed by atoms with Crippen LogP contribution in [0.4, 0.5) is 0 Å². The Labute approximate surface area is 97.9 Å². The second-order valence-corrected chi connectivity index (χ2v) is 4.95. The summed E-state index contributed by atoms with van der Waals surface area (Å²) in [6.45, 7) is 5.97. The summed E-state index contributed by atoms with van der Waals surface area (Å²) >= 11 is 0. The van der Waals surface area contributed by atoms with Crippen molar-refractivity contribution in [3.63, 3.8) is 0 Å². The molecular formula is C14H19NO. The van der Waals surface area contributed by atoms with E-state index in [1.54, 1.807) is 7.11 Å². The highest BCUT2D eigenvalue weighted by molar-refractivity contribution is 5.31. The van der Waals surface area contributed by atoms with Gasteiger partial charge in [0.25, 0.3) is 0 Å². The van der Waals surface area contributed by atoms with Crippen molar-refractivity contribution in [3.8, 4) is 6.07 Å². The van der Waals surface area contributed by atoms with Gasteiger partial charge >= 0.3 is 0 Å². The summed E-state index contributed by atoms with van der Waals surface area (Å²) < 4.78 is 5.41. The molecule has 1 unspecified atom stereocenters. The van der Waals surface area contributed by atoms with Gasteiger partial charge in [-0.25, -0.2) is 0 Å². The summed E-state index contributed by atoms with van der Waals surface area (Å²) in [5.41, 5.74) is 0.254. The van der Waals surface area contributed by atoms with E-state index < -0.39 is 5.41 Å². The number of methoxy groups -OCH3 is 1. The standard InChI is InChI=1S/C14H19NO/c1-13(2,16-4)10-14(3,11-15)12-8-6-5-7-9-12/h5-9H,10H2,1-4H3. The van der Waals surface area contributed by atoms with Crippen LogP contribution in [-0.2, 0) is 10.2 Å². The summed E-state index contributed by atoms with van der Waals surface area (Å²) in [5, 5.41) is 9.39. The number of ether oxygens (including phenoxy) is 1. The molecule has 0 aliphatic rings. The molecule has 16 heavy (non-hydrogen) atoms. The molecule has 2 heteroatoms. The second-order valence-electron chi connectivity index (χ2n) is 4.95. The van der Waals surface area contributed by atoms with Gasteiger partial charge in [-0.15, -0.1) is 0 Å². The maximum Gasteiger partial charge on any atom is 0.0821 e. The highest BCUT2D eigenvalue weighted by Crippen LogP contribution is 2.33. The molecular weight excluding hydrogens is 198 g/mol. The molecule has 0 aromatic heterocycles. The maximum atomic E-state index is 9.39. The number of nitrogens with zero attached hydrogens (tertiary/aromatic N) is 1. The van der Waals surface area contributed by atoms with Crippen molar-refractivity contribution >= 4 is 0 Å². The first-order valence-corrected chi connectivity index (χ1v) is 5.45. The number of rotatable bonds is 4. The van der Waals surface area contributed by atoms with E-state index in [2.05, 4.69) is 6.07 Å². The Kier molecular flexibility index (Phi) is 3.72. The fraction of sp³-hybridized carbons (Fsp3) is 0.500. The average Bonchev–Trinajstić information content (AvgIpc) is 2.29. The summed E-state index contributed by atoms with van der Waals surface area (Å²) in [6.07, 6.45) is 0.678. The lowest BCUT2D eigenvalue weighted by molar-refractivity contribution is 0.00423. The number of nitriles is 1. The van der Waals surface area contributed by atoms with Crippen molar-refractivity contribution in [3.05, 3.63) is 35.9 Å². The molecule has 1 rings (SSSR count). The zero-order valence-electron chi connectivity index (χ0n) is 10.4. The predicted molar refractivity (Wildman–Crippen MR) is 65.1 cm³/mol. The van der Waals surface area contributed by atoms with Gasteiger partial charge in [-0.1, -0.05) is 30.3 Å². The lowest BCUT2D eigenvalue weighted by Gasteiger charge is -2.32. The molecule has 0 saturated heterocycles. The minimum absolute atomic E-state index is 0.291. The molecule has 86 valence electrons. The molecule has 1 aromatic rings. The Balaban J connectivity index is 3.01. The van der Waals surface area contributed by atoms with Crippen LogP contribution in [0.25, 0.3) is 0 Å². The van der Waals surface area contributed by atoms with Gasteiger partial charge in [0.05, 0.1) is 17.1 Å². The first-order chi connectivity index (χ1) is 7.43. The third kappa shape index (κ3) is 2.84. The van der Waals surface area contributed by atoms with Crippen LogP contribution in [0.3, 0.4) is 0 Å². The highest BCUT2D eigenvalue weighted by Gasteiger charge is 2.34. The molecule has 1 aromatic carbocycles. The Morgan fingerprint density at radius 2 is 1.75 bits per heavy atom. The monoisotopic (exact) mass is 217 g/mol. The van der Waals surface area contributed by atoms with Crippen molar-refractivity contribution in [1.29, 1.82) is 5.26 Å². The molecule has 0 spiro atoms. The largest absolute Gasteiger partial charge is 0.379 e. The molecule has 0 aliphatic heterocycles. The van der Waals surface area contributed by atoms with Gasteiger partial charge in [0, 0.05) is 7.11 Å². The topological polar surface area (TPSA) is 33.0 Å². The molecule has 2 nitrogen and oxygen atoms in total.